The van der Waals surface area contributed by atoms with Gasteiger partial charge in [-0.25, -0.2) is 36.5 Å². The molecule has 7 rings (SSSR count). The minimum atomic E-state index is -4.92. The smallest absolute Gasteiger partial charge is 0.726 e. The average Bonchev–Trinajstić information content (AvgIpc) is 1.50. The van der Waals surface area contributed by atoms with Crippen molar-refractivity contribution in [2.45, 2.75) is 175 Å². The van der Waals surface area contributed by atoms with E-state index in [0.29, 0.717) is 18.5 Å². The van der Waals surface area contributed by atoms with Crippen LogP contribution in [0.3, 0.4) is 0 Å². The molecule has 22 atom stereocenters. The van der Waals surface area contributed by atoms with Crippen LogP contribution < -0.4 is 217 Å². The maximum absolute atomic E-state index is 13.7. The van der Waals surface area contributed by atoms with Gasteiger partial charge in [-0.3, -0.25) is 44.2 Å². The van der Waals surface area contributed by atoms with Crippen LogP contribution in [0.5, 0.6) is 0 Å². The Bertz CT molecular complexity index is 2970. The fourth-order valence-corrected chi connectivity index (χ4v) is 10.4. The molecule has 0 radical (unpaired) electrons. The number of aliphatic carboxylic acids is 1. The topological polar surface area (TPSA) is 690 Å². The van der Waals surface area contributed by atoms with Gasteiger partial charge >= 0.3 is 207 Å². The summed E-state index contributed by atoms with van der Waals surface area (Å²) in [6, 6.07) is -2.97. The Morgan fingerprint density at radius 1 is 0.626 bits per heavy atom. The Hall–Kier alpha value is 2.46. The Morgan fingerprint density at radius 2 is 1.09 bits per heavy atom. The fraction of sp³-hybridized carbons (Fsp3) is 0.788. The summed E-state index contributed by atoms with van der Waals surface area (Å²) in [4.78, 5) is 67.9. The van der Waals surface area contributed by atoms with E-state index in [2.05, 4.69) is 29.5 Å². The van der Waals surface area contributed by atoms with Crippen molar-refractivity contribution in [2.75, 3.05) is 72.5 Å². The molecular weight excluding hydrogens is 1590 g/mol. The standard InChI is InChI=1S/C52H80N8O25.7Na.3H2O4S/c1-5-30-34-35(31(6-2)83-30)47(71)60(46(34)70)12-16-75-14-10-58(33(63)8-7-32(62)55-9-13-74-17-19-77-49-29(61)21-28(24-79-49)82-50-36(53)40(66)38(64)25(3)80-50)22-27-23-59(57-56-27)11-15-76-18-20-78-52-43(69)42(68)44(45(85-52)48(72)73)84-51-37(54)41(67)39(65)26(4)81-51;;;;;;;;3*1-5(2,3)4/h21,23-26,28-31,34-45,49-54,61,64-69H,3-20,22H2,1-2H3,(H,55,62)(H,72,73);;;;;;;;3*(H2,1,2,3,4)/q-6;7*+1;;;/p-4/t25?,26?,28-,29?,30-,31+,34+,35-,36?,37?,38+,39+,40+,41+,42+,43?,44-,45?,49+,50+,51+,52+;;;;;;;;;;/m0........../s1. The number of aliphatic hydroxyl groups is 7. The van der Waals surface area contributed by atoms with Crippen LogP contribution in [0.25, 0.3) is 11.5 Å². The van der Waals surface area contributed by atoms with E-state index in [9.17, 15) is 64.8 Å². The number of nitrogens with one attached hydrogen (secondary N) is 3. The number of carboxylic acid groups (broad SMARTS) is 1. The van der Waals surface area contributed by atoms with Gasteiger partial charge in [0.2, 0.25) is 54.8 Å². The van der Waals surface area contributed by atoms with Crippen molar-refractivity contribution in [2.24, 2.45) is 11.8 Å². The van der Waals surface area contributed by atoms with Crippen molar-refractivity contribution < 1.29 is 381 Å². The second kappa shape index (κ2) is 56.8. The van der Waals surface area contributed by atoms with Crippen LogP contribution in [0, 0.1) is 38.7 Å². The van der Waals surface area contributed by atoms with Crippen molar-refractivity contribution in [3.05, 3.63) is 50.2 Å². The molecule has 0 aromatic carbocycles. The monoisotopic (exact) mass is 1670 g/mol. The van der Waals surface area contributed by atoms with Crippen LogP contribution in [-0.2, 0) is 125 Å². The Balaban J connectivity index is -0.00000219. The van der Waals surface area contributed by atoms with E-state index in [1.807, 2.05) is 13.8 Å². The van der Waals surface area contributed by atoms with Gasteiger partial charge in [0.1, 0.15) is 49.0 Å². The molecule has 7 heterocycles. The predicted molar refractivity (Wildman–Crippen MR) is 315 cm³/mol. The first-order valence-corrected chi connectivity index (χ1v) is 34.4. The second-order valence-electron chi connectivity index (χ2n) is 22.3. The molecule has 45 nitrogen and oxygen atoms in total. The summed E-state index contributed by atoms with van der Waals surface area (Å²) in [6.45, 7) is 12.2. The van der Waals surface area contributed by atoms with E-state index >= 15 is 0 Å². The molecule has 6 aliphatic rings. The first-order chi connectivity index (χ1) is 46.6. The molecule has 0 bridgehead atoms. The van der Waals surface area contributed by atoms with E-state index in [1.54, 1.807) is 6.20 Å². The Kier molecular flexibility index (Phi) is 61.5. The molecule has 1 aromatic rings. The molecule has 4 amide bonds. The molecule has 6 fully saturated rings. The number of rotatable bonds is 32. The van der Waals surface area contributed by atoms with E-state index in [4.69, 9.17) is 121 Å². The van der Waals surface area contributed by atoms with Crippen LogP contribution in [0.4, 0.5) is 0 Å². The van der Waals surface area contributed by atoms with Crippen LogP contribution in [0.15, 0.2) is 6.20 Å². The number of aromatic nitrogens is 3. The number of imide groups is 1. The van der Waals surface area contributed by atoms with Crippen molar-refractivity contribution in [3.63, 3.8) is 0 Å². The number of fused-ring (bicyclic) bond motifs is 1. The summed E-state index contributed by atoms with van der Waals surface area (Å²) in [7, 11) is -14.7. The summed E-state index contributed by atoms with van der Waals surface area (Å²) in [5.74, 6) is -4.38. The zero-order valence-corrected chi connectivity index (χ0v) is 76.8. The van der Waals surface area contributed by atoms with Crippen LogP contribution >= 0.6 is 0 Å². The first-order valence-electron chi connectivity index (χ1n) is 30.3. The van der Waals surface area contributed by atoms with E-state index in [1.165, 1.54) is 27.5 Å². The number of amides is 4. The van der Waals surface area contributed by atoms with Gasteiger partial charge in [0.25, 0.3) is 0 Å². The average molecular weight is 1670 g/mol. The van der Waals surface area contributed by atoms with Gasteiger partial charge in [0.15, 0.2) is 6.29 Å². The SMILES string of the molecule is O=S(=O)([O-])O.O=S(=O)([O-])O.O=S(=O)([O-])O.[CH2-]C1O[C@H](O[C@@H]2[CH-]O[C@@H](OCCOCCNC(=O)CCC(=O)N(CCOCCN3C(=O)[C@@H]4[C@H](C3=O)[C@H](CC)O[C@@H]4CC)Cc3cn(CCOCCO[C@@H]4OC(C(=O)[O-])[C@@H](O[C@H]5OC([CH2-])[C@@H](O)[C@H](O)C5[NH-])[C@H](O)C4O)nn3)C(O)[CH-]2)C([NH-])[C@@H](O)[C@@H]1O.[Na+].[Na+].[Na+].[Na+].[Na+].[Na+].[Na+]. The number of carboxylic acids is 1. The van der Waals surface area contributed by atoms with Crippen LogP contribution in [0.1, 0.15) is 45.2 Å². The van der Waals surface area contributed by atoms with E-state index in [-0.39, 0.29) is 329 Å². The fourth-order valence-electron chi connectivity index (χ4n) is 10.4. The number of carbonyl (C=O) groups is 5. The van der Waals surface area contributed by atoms with Gasteiger partial charge in [0, 0.05) is 25.9 Å². The maximum atomic E-state index is 13.7. The number of nitrogens with zero attached hydrogens (tertiary/aromatic N) is 5. The van der Waals surface area contributed by atoms with Gasteiger partial charge < -0.3 is 152 Å². The summed E-state index contributed by atoms with van der Waals surface area (Å²) < 4.78 is 166. The van der Waals surface area contributed by atoms with Crippen LogP contribution in [-0.4, -0.2) is 338 Å². The van der Waals surface area contributed by atoms with E-state index < -0.39 is 171 Å². The summed E-state index contributed by atoms with van der Waals surface area (Å²) in [5.41, 5.74) is 16.5. The summed E-state index contributed by atoms with van der Waals surface area (Å²) in [6.07, 6.45) is -20.9. The summed E-state index contributed by atoms with van der Waals surface area (Å²) in [5, 5.41) is 95.1. The minimum absolute atomic E-state index is 0. The molecule has 580 valence electrons. The van der Waals surface area contributed by atoms with Gasteiger partial charge in [-0.05, 0) is 31.2 Å². The molecule has 55 heteroatoms. The predicted octanol–water partition coefficient (Wildman–Crippen LogP) is -29.7. The Morgan fingerprint density at radius 3 is 1.58 bits per heavy atom. The van der Waals surface area contributed by atoms with Gasteiger partial charge in [-0.1, -0.05) is 31.1 Å². The molecule has 0 saturated carbocycles. The van der Waals surface area contributed by atoms with Crippen molar-refractivity contribution >= 4 is 60.8 Å². The maximum Gasteiger partial charge on any atom is 1.00 e. The van der Waals surface area contributed by atoms with Gasteiger partial charge in [-0.2, -0.15) is 6.10 Å². The van der Waals surface area contributed by atoms with Crippen molar-refractivity contribution in [3.8, 4) is 0 Å². The Labute approximate surface area is 772 Å². The molecule has 0 spiro atoms. The number of likely N-dealkylation sites (tertiary alicyclic amines) is 1. The molecule has 107 heavy (non-hydrogen) atoms. The van der Waals surface area contributed by atoms with Crippen molar-refractivity contribution in [1.82, 2.24) is 30.1 Å². The number of carbonyl (C=O) groups excluding carboxylic acids is 5. The zero-order valence-electron chi connectivity index (χ0n) is 60.3. The quantitative estimate of drug-likeness (QED) is 0.00797. The second-order valence-corrected chi connectivity index (χ2v) is 24.8. The molecular formula is C52H82N8Na7O37S3-3. The van der Waals surface area contributed by atoms with Gasteiger partial charge in [-0.15, -0.1) is 5.10 Å². The minimum Gasteiger partial charge on any atom is -0.726 e. The van der Waals surface area contributed by atoms with E-state index in [0.717, 1.165) is 0 Å². The first kappa shape index (κ1) is 116. The normalized spacial score (nSPS) is 30.9. The molecule has 6 saturated heterocycles. The van der Waals surface area contributed by atoms with Gasteiger partial charge in [0.05, 0.1) is 133 Å². The van der Waals surface area contributed by atoms with Crippen LogP contribution in [0.2, 0.25) is 0 Å². The number of hydrogen-bond acceptors (Lipinski definition) is 36. The third kappa shape index (κ3) is 41.3. The molecule has 6 aliphatic heterocycles. The molecule has 7 unspecified atom stereocenters. The number of ether oxygens (including phenoxy) is 12. The third-order valence-corrected chi connectivity index (χ3v) is 15.1. The molecule has 13 N–H and O–H groups in total. The molecule has 0 aliphatic carbocycles. The largest absolute Gasteiger partial charge is 1.00 e. The molecule has 1 aromatic heterocycles. The third-order valence-electron chi connectivity index (χ3n) is 15.1. The number of hydrogen-bond donors (Lipinski definition) is 11. The summed E-state index contributed by atoms with van der Waals surface area (Å²) >= 11 is 0. The number of aliphatic hydroxyl groups excluding tert-OH is 7. The van der Waals surface area contributed by atoms with Crippen molar-refractivity contribution in [1.29, 1.82) is 0 Å². The zero-order chi connectivity index (χ0) is 75.1.